The van der Waals surface area contributed by atoms with Crippen molar-refractivity contribution < 1.29 is 9.47 Å². The minimum absolute atomic E-state index is 0.644. The second-order valence-electron chi connectivity index (χ2n) is 4.62. The number of rotatable bonds is 4. The molecular weight excluding hydrogens is 262 g/mol. The lowest BCUT2D eigenvalue weighted by Crippen LogP contribution is -1.94. The summed E-state index contributed by atoms with van der Waals surface area (Å²) in [4.78, 5) is 0. The molecule has 0 N–H and O–H groups in total. The van der Waals surface area contributed by atoms with E-state index in [1.165, 1.54) is 5.56 Å². The molecule has 0 saturated carbocycles. The summed E-state index contributed by atoms with van der Waals surface area (Å²) in [5.41, 5.74) is 3.95. The summed E-state index contributed by atoms with van der Waals surface area (Å²) in [5.74, 6) is 1.31. The van der Waals surface area contributed by atoms with Crippen LogP contribution in [0.4, 0.5) is 0 Å². The molecule has 0 spiro atoms. The first kappa shape index (κ1) is 14.7. The Hall–Kier alpha value is -2.73. The van der Waals surface area contributed by atoms with E-state index in [1.54, 1.807) is 20.3 Å². The fourth-order valence-corrected chi connectivity index (χ4v) is 2.13. The standard InChI is InChI=1S/C18H17NO2/c1-13-4-6-14(7-5-13)16(10-11-19)15-8-9-17(20-2)18(12-15)21-3/h4-10,12H,1-3H3/b16-10+. The molecule has 0 radical (unpaired) electrons. The molecule has 3 heteroatoms. The summed E-state index contributed by atoms with van der Waals surface area (Å²) in [5, 5.41) is 9.06. The molecule has 2 aromatic rings. The molecule has 0 aliphatic heterocycles. The van der Waals surface area contributed by atoms with E-state index in [4.69, 9.17) is 14.7 Å². The molecule has 3 nitrogen and oxygen atoms in total. The molecule has 0 atom stereocenters. The molecule has 0 amide bonds. The molecule has 0 heterocycles. The third kappa shape index (κ3) is 3.24. The quantitative estimate of drug-likeness (QED) is 0.795. The van der Waals surface area contributed by atoms with Gasteiger partial charge in [-0.2, -0.15) is 5.26 Å². The molecule has 0 aromatic heterocycles. The van der Waals surface area contributed by atoms with Gasteiger partial charge < -0.3 is 9.47 Å². The Morgan fingerprint density at radius 2 is 1.57 bits per heavy atom. The van der Waals surface area contributed by atoms with Crippen molar-refractivity contribution >= 4 is 5.57 Å². The third-order valence-corrected chi connectivity index (χ3v) is 3.27. The maximum Gasteiger partial charge on any atom is 0.161 e. The molecule has 2 rings (SSSR count). The lowest BCUT2D eigenvalue weighted by atomic mass is 9.96. The van der Waals surface area contributed by atoms with Gasteiger partial charge in [0.15, 0.2) is 11.5 Å². The first-order valence-electron chi connectivity index (χ1n) is 6.59. The number of hydrogen-bond acceptors (Lipinski definition) is 3. The van der Waals surface area contributed by atoms with Gasteiger partial charge in [0.25, 0.3) is 0 Å². The van der Waals surface area contributed by atoms with E-state index in [9.17, 15) is 0 Å². The van der Waals surface area contributed by atoms with Crippen molar-refractivity contribution in [3.05, 3.63) is 65.2 Å². The van der Waals surface area contributed by atoms with Gasteiger partial charge in [0.05, 0.1) is 20.3 Å². The van der Waals surface area contributed by atoms with Crippen LogP contribution in [-0.4, -0.2) is 14.2 Å². The number of ether oxygens (including phenoxy) is 2. The number of aryl methyl sites for hydroxylation is 1. The topological polar surface area (TPSA) is 42.2 Å². The highest BCUT2D eigenvalue weighted by Crippen LogP contribution is 2.32. The third-order valence-electron chi connectivity index (χ3n) is 3.27. The molecular formula is C18H17NO2. The van der Waals surface area contributed by atoms with Crippen LogP contribution >= 0.6 is 0 Å². The van der Waals surface area contributed by atoms with E-state index >= 15 is 0 Å². The van der Waals surface area contributed by atoms with Crippen molar-refractivity contribution in [2.45, 2.75) is 6.92 Å². The highest BCUT2D eigenvalue weighted by molar-refractivity contribution is 5.82. The van der Waals surface area contributed by atoms with E-state index in [0.717, 1.165) is 16.7 Å². The number of allylic oxidation sites excluding steroid dienone is 1. The monoisotopic (exact) mass is 279 g/mol. The Labute approximate surface area is 125 Å². The summed E-state index contributed by atoms with van der Waals surface area (Å²) >= 11 is 0. The van der Waals surface area contributed by atoms with Crippen molar-refractivity contribution in [2.24, 2.45) is 0 Å². The van der Waals surface area contributed by atoms with Crippen LogP contribution in [0.25, 0.3) is 5.57 Å². The van der Waals surface area contributed by atoms with Gasteiger partial charge in [0.2, 0.25) is 0 Å². The average molecular weight is 279 g/mol. The van der Waals surface area contributed by atoms with E-state index in [0.29, 0.717) is 11.5 Å². The van der Waals surface area contributed by atoms with Gasteiger partial charge in [-0.25, -0.2) is 0 Å². The first-order chi connectivity index (χ1) is 10.2. The van der Waals surface area contributed by atoms with Crippen LogP contribution in [-0.2, 0) is 0 Å². The zero-order chi connectivity index (χ0) is 15.2. The fraction of sp³-hybridized carbons (Fsp3) is 0.167. The second-order valence-corrected chi connectivity index (χ2v) is 4.62. The van der Waals surface area contributed by atoms with Gasteiger partial charge in [0, 0.05) is 6.08 Å². The van der Waals surface area contributed by atoms with Crippen LogP contribution in [0.15, 0.2) is 48.5 Å². The van der Waals surface area contributed by atoms with Crippen LogP contribution < -0.4 is 9.47 Å². The highest BCUT2D eigenvalue weighted by atomic mass is 16.5. The summed E-state index contributed by atoms with van der Waals surface area (Å²) < 4.78 is 10.6. The van der Waals surface area contributed by atoms with Crippen molar-refractivity contribution in [3.8, 4) is 17.6 Å². The van der Waals surface area contributed by atoms with Crippen molar-refractivity contribution in [2.75, 3.05) is 14.2 Å². The molecule has 0 unspecified atom stereocenters. The molecule has 0 aliphatic carbocycles. The Morgan fingerprint density at radius 1 is 0.952 bits per heavy atom. The van der Waals surface area contributed by atoms with Crippen LogP contribution in [0.5, 0.6) is 11.5 Å². The van der Waals surface area contributed by atoms with Crippen molar-refractivity contribution in [3.63, 3.8) is 0 Å². The van der Waals surface area contributed by atoms with Crippen LogP contribution in [0, 0.1) is 18.3 Å². The van der Waals surface area contributed by atoms with Crippen LogP contribution in [0.3, 0.4) is 0 Å². The zero-order valence-corrected chi connectivity index (χ0v) is 12.4. The average Bonchev–Trinajstić information content (AvgIpc) is 2.53. The van der Waals surface area contributed by atoms with Crippen molar-refractivity contribution in [1.82, 2.24) is 0 Å². The Bertz CT molecular complexity index is 694. The molecule has 0 fully saturated rings. The van der Waals surface area contributed by atoms with E-state index in [1.807, 2.05) is 49.4 Å². The first-order valence-corrected chi connectivity index (χ1v) is 6.59. The maximum atomic E-state index is 9.06. The number of hydrogen-bond donors (Lipinski definition) is 0. The number of nitriles is 1. The SMILES string of the molecule is COc1ccc(/C(=C/C#N)c2ccc(C)cc2)cc1OC. The predicted octanol–water partition coefficient (Wildman–Crippen LogP) is 3.97. The van der Waals surface area contributed by atoms with Gasteiger partial charge in [-0.3, -0.25) is 0 Å². The van der Waals surface area contributed by atoms with Crippen molar-refractivity contribution in [1.29, 1.82) is 5.26 Å². The second kappa shape index (κ2) is 6.62. The number of nitrogens with zero attached hydrogens (tertiary/aromatic N) is 1. The molecule has 0 saturated heterocycles. The Kier molecular flexibility index (Phi) is 4.63. The van der Waals surface area contributed by atoms with Gasteiger partial charge in [-0.05, 0) is 35.8 Å². The highest BCUT2D eigenvalue weighted by Gasteiger charge is 2.10. The summed E-state index contributed by atoms with van der Waals surface area (Å²) in [6.07, 6.45) is 1.55. The number of methoxy groups -OCH3 is 2. The Morgan fingerprint density at radius 3 is 2.14 bits per heavy atom. The van der Waals surface area contributed by atoms with Gasteiger partial charge in [0.1, 0.15) is 0 Å². The minimum atomic E-state index is 0.644. The fourth-order valence-electron chi connectivity index (χ4n) is 2.13. The van der Waals surface area contributed by atoms with Gasteiger partial charge in [-0.1, -0.05) is 35.9 Å². The van der Waals surface area contributed by atoms with Crippen LogP contribution in [0.1, 0.15) is 16.7 Å². The predicted molar refractivity (Wildman–Crippen MR) is 83.4 cm³/mol. The smallest absolute Gasteiger partial charge is 0.161 e. The summed E-state index contributed by atoms with van der Waals surface area (Å²) in [6, 6.07) is 15.8. The van der Waals surface area contributed by atoms with Gasteiger partial charge >= 0.3 is 0 Å². The molecule has 21 heavy (non-hydrogen) atoms. The largest absolute Gasteiger partial charge is 0.493 e. The molecule has 106 valence electrons. The molecule has 0 aliphatic rings. The van der Waals surface area contributed by atoms with Crippen LogP contribution in [0.2, 0.25) is 0 Å². The summed E-state index contributed by atoms with van der Waals surface area (Å²) in [7, 11) is 3.20. The minimum Gasteiger partial charge on any atom is -0.493 e. The van der Waals surface area contributed by atoms with E-state index < -0.39 is 0 Å². The number of benzene rings is 2. The lowest BCUT2D eigenvalue weighted by molar-refractivity contribution is 0.355. The lowest BCUT2D eigenvalue weighted by Gasteiger charge is -2.12. The molecule has 2 aromatic carbocycles. The van der Waals surface area contributed by atoms with E-state index in [-0.39, 0.29) is 0 Å². The normalized spacial score (nSPS) is 10.9. The van der Waals surface area contributed by atoms with E-state index in [2.05, 4.69) is 6.07 Å². The van der Waals surface area contributed by atoms with Gasteiger partial charge in [-0.15, -0.1) is 0 Å². The molecule has 0 bridgehead atoms. The maximum absolute atomic E-state index is 9.06. The Balaban J connectivity index is 2.52. The zero-order valence-electron chi connectivity index (χ0n) is 12.4. The summed E-state index contributed by atoms with van der Waals surface area (Å²) in [6.45, 7) is 2.04.